The molecule has 0 amide bonds. The van der Waals surface area contributed by atoms with Gasteiger partial charge in [0.05, 0.1) is 43.2 Å². The quantitative estimate of drug-likeness (QED) is 0.0989. The van der Waals surface area contributed by atoms with Crippen molar-refractivity contribution in [2.45, 2.75) is 231 Å². The van der Waals surface area contributed by atoms with Crippen LogP contribution in [0.15, 0.2) is 0 Å². The normalized spacial score (nSPS) is 29.8. The van der Waals surface area contributed by atoms with E-state index < -0.39 is 48.7 Å². The van der Waals surface area contributed by atoms with Crippen molar-refractivity contribution in [1.29, 1.82) is 0 Å². The van der Waals surface area contributed by atoms with Gasteiger partial charge in [0.25, 0.3) is 0 Å². The molecule has 2 rings (SSSR count). The molecule has 0 aromatic carbocycles. The summed E-state index contributed by atoms with van der Waals surface area (Å²) in [6.07, 6.45) is 0.518. The topological polar surface area (TPSA) is 83.1 Å². The summed E-state index contributed by atoms with van der Waals surface area (Å²) in [6.45, 7) is 45.1. The van der Waals surface area contributed by atoms with E-state index in [2.05, 4.69) is 127 Å². The van der Waals surface area contributed by atoms with Gasteiger partial charge in [-0.2, -0.15) is 0 Å². The second kappa shape index (κ2) is 19.3. The van der Waals surface area contributed by atoms with Gasteiger partial charge in [-0.1, -0.05) is 76.2 Å². The molecule has 0 radical (unpaired) electrons. The third-order valence-electron chi connectivity index (χ3n) is 14.0. The molecule has 0 aromatic rings. The highest BCUT2D eigenvalue weighted by atomic mass is 28.4. The molecule has 2 aliphatic rings. The minimum Gasteiger partial charge on any atom is -0.413 e. The average molecular weight is 845 g/mol. The van der Waals surface area contributed by atoms with Crippen LogP contribution in [0.1, 0.15) is 123 Å². The molecule has 2 aliphatic heterocycles. The van der Waals surface area contributed by atoms with Gasteiger partial charge in [0.15, 0.2) is 30.7 Å². The Morgan fingerprint density at radius 1 is 0.696 bits per heavy atom. The summed E-state index contributed by atoms with van der Waals surface area (Å²) in [5.74, 6) is 4.05. The first-order valence-corrected chi connectivity index (χ1v) is 30.0. The van der Waals surface area contributed by atoms with Crippen LogP contribution in [-0.2, 0) is 41.7 Å². The summed E-state index contributed by atoms with van der Waals surface area (Å²) >= 11 is 0. The van der Waals surface area contributed by atoms with Crippen molar-refractivity contribution < 1.29 is 41.7 Å². The minimum absolute atomic E-state index is 0.00446. The van der Waals surface area contributed by atoms with Crippen LogP contribution in [0.3, 0.4) is 0 Å². The van der Waals surface area contributed by atoms with Gasteiger partial charge in [0.1, 0.15) is 6.10 Å². The summed E-state index contributed by atoms with van der Waals surface area (Å²) in [5.41, 5.74) is 0. The zero-order chi connectivity index (χ0) is 43.5. The molecule has 2 fully saturated rings. The fourth-order valence-electron chi connectivity index (χ4n) is 7.39. The van der Waals surface area contributed by atoms with Crippen LogP contribution >= 0.6 is 0 Å². The molecule has 0 spiro atoms. The SMILES string of the molecule is CC#CCC[C@H](O[Si](C)(C)C(C)(C)C)[C@H](C[C@@H]1OC(C)(C)O[C@H]1[C@]1(OC)O[C@H](C[C@H](COC)O[Si](C)(C)C(C)(C)C)[C@H](C)[C@H](O[Si](C)(C)C(C)(C)C)[C@H]1C)OC. The monoisotopic (exact) mass is 845 g/mol. The van der Waals surface area contributed by atoms with Gasteiger partial charge in [-0.15, -0.1) is 11.8 Å². The Bertz CT molecular complexity index is 1290. The van der Waals surface area contributed by atoms with Crippen molar-refractivity contribution in [3.8, 4) is 11.8 Å². The first-order valence-electron chi connectivity index (χ1n) is 21.3. The molecule has 0 aliphatic carbocycles. The predicted octanol–water partition coefficient (Wildman–Crippen LogP) is 10.9. The molecule has 56 heavy (non-hydrogen) atoms. The van der Waals surface area contributed by atoms with E-state index in [0.29, 0.717) is 19.4 Å². The molecule has 0 unspecified atom stereocenters. The fourth-order valence-corrected chi connectivity index (χ4v) is 11.6. The zero-order valence-electron chi connectivity index (χ0n) is 40.4. The number of ether oxygens (including phenoxy) is 6. The number of rotatable bonds is 18. The zero-order valence-corrected chi connectivity index (χ0v) is 43.4. The number of hydrogen-bond donors (Lipinski definition) is 0. The molecule has 330 valence electrons. The van der Waals surface area contributed by atoms with Gasteiger partial charge in [-0.25, -0.2) is 0 Å². The average Bonchev–Trinajstić information content (AvgIpc) is 3.35. The van der Waals surface area contributed by atoms with E-state index in [4.69, 9.17) is 41.7 Å². The van der Waals surface area contributed by atoms with Crippen LogP contribution in [0.4, 0.5) is 0 Å². The molecule has 0 N–H and O–H groups in total. The van der Waals surface area contributed by atoms with E-state index in [1.807, 2.05) is 20.8 Å². The van der Waals surface area contributed by atoms with Crippen LogP contribution in [0.25, 0.3) is 0 Å². The van der Waals surface area contributed by atoms with Gasteiger partial charge < -0.3 is 41.7 Å². The van der Waals surface area contributed by atoms with Gasteiger partial charge in [0, 0.05) is 52.4 Å². The molecule has 0 aromatic heterocycles. The van der Waals surface area contributed by atoms with Crippen molar-refractivity contribution in [1.82, 2.24) is 0 Å². The Morgan fingerprint density at radius 2 is 1.23 bits per heavy atom. The lowest BCUT2D eigenvalue weighted by atomic mass is 9.76. The van der Waals surface area contributed by atoms with Crippen LogP contribution in [0.5, 0.6) is 0 Å². The van der Waals surface area contributed by atoms with Gasteiger partial charge in [-0.05, 0) is 81.6 Å². The van der Waals surface area contributed by atoms with Crippen LogP contribution in [-0.4, -0.2) is 107 Å². The van der Waals surface area contributed by atoms with E-state index in [1.54, 1.807) is 21.3 Å². The maximum atomic E-state index is 7.45. The molecule has 0 bridgehead atoms. The minimum atomic E-state index is -2.26. The largest absolute Gasteiger partial charge is 0.413 e. The molecule has 2 saturated heterocycles. The Labute approximate surface area is 348 Å². The Balaban J connectivity index is 2.74. The summed E-state index contributed by atoms with van der Waals surface area (Å²) in [6, 6.07) is 0. The van der Waals surface area contributed by atoms with Crippen LogP contribution in [0.2, 0.25) is 54.4 Å². The second-order valence-corrected chi connectivity index (χ2v) is 36.0. The molecule has 12 heteroatoms. The Morgan fingerprint density at radius 3 is 1.70 bits per heavy atom. The van der Waals surface area contributed by atoms with Crippen molar-refractivity contribution in [3.63, 3.8) is 0 Å². The lowest BCUT2D eigenvalue weighted by Crippen LogP contribution is -2.67. The highest BCUT2D eigenvalue weighted by molar-refractivity contribution is 6.75. The Kier molecular flexibility index (Phi) is 17.9. The standard InChI is InChI=1S/C44H88O9Si3/c1-24-25-26-27-34(52-55(20,21)41(7,8)9)36(46-16)29-37-39(50-43(13,14)48-37)44(47-17)32(3)38(53-56(22,23)42(10,11)12)31(2)35(49-44)28-33(30-45-15)51-54(18,19)40(4,5)6/h31-39H,26-30H2,1-23H3/t31-,32+,33+,34-,35+,36-,37-,38-,39+,44+/m0/s1. The molecular formula is C44H88O9Si3. The first-order chi connectivity index (χ1) is 25.3. The highest BCUT2D eigenvalue weighted by Crippen LogP contribution is 2.51. The van der Waals surface area contributed by atoms with Crippen molar-refractivity contribution >= 4 is 25.0 Å². The first kappa shape index (κ1) is 52.0. The van der Waals surface area contributed by atoms with Gasteiger partial charge >= 0.3 is 0 Å². The lowest BCUT2D eigenvalue weighted by molar-refractivity contribution is -0.366. The van der Waals surface area contributed by atoms with E-state index in [-0.39, 0.29) is 57.5 Å². The number of hydrogen-bond acceptors (Lipinski definition) is 9. The molecule has 10 atom stereocenters. The lowest BCUT2D eigenvalue weighted by Gasteiger charge is -2.56. The smallest absolute Gasteiger partial charge is 0.202 e. The molecular weight excluding hydrogens is 757 g/mol. The maximum absolute atomic E-state index is 7.45. The van der Waals surface area contributed by atoms with Gasteiger partial charge in [-0.3, -0.25) is 0 Å². The maximum Gasteiger partial charge on any atom is 0.202 e. The van der Waals surface area contributed by atoms with E-state index >= 15 is 0 Å². The second-order valence-electron chi connectivity index (χ2n) is 21.8. The molecule has 9 nitrogen and oxygen atoms in total. The summed E-state index contributed by atoms with van der Waals surface area (Å²) in [4.78, 5) is 0. The van der Waals surface area contributed by atoms with E-state index in [0.717, 1.165) is 12.8 Å². The van der Waals surface area contributed by atoms with Gasteiger partial charge in [0.2, 0.25) is 5.79 Å². The van der Waals surface area contributed by atoms with E-state index in [1.165, 1.54) is 0 Å². The number of methoxy groups -OCH3 is 3. The Hall–Kier alpha value is -0.149. The summed E-state index contributed by atoms with van der Waals surface area (Å²) < 4.78 is 61.8. The highest BCUT2D eigenvalue weighted by Gasteiger charge is 2.64. The third kappa shape index (κ3) is 12.5. The summed E-state index contributed by atoms with van der Waals surface area (Å²) in [5, 5.41) is 0.0745. The third-order valence-corrected chi connectivity index (χ3v) is 27.5. The molecule has 2 heterocycles. The summed E-state index contributed by atoms with van der Waals surface area (Å²) in [7, 11) is -1.31. The fraction of sp³-hybridized carbons (Fsp3) is 0.955. The predicted molar refractivity (Wildman–Crippen MR) is 238 cm³/mol. The van der Waals surface area contributed by atoms with Crippen molar-refractivity contribution in [2.75, 3.05) is 27.9 Å². The van der Waals surface area contributed by atoms with Crippen molar-refractivity contribution in [2.24, 2.45) is 11.8 Å². The van der Waals surface area contributed by atoms with Crippen LogP contribution < -0.4 is 0 Å². The molecule has 0 saturated carbocycles. The van der Waals surface area contributed by atoms with E-state index in [9.17, 15) is 0 Å². The van der Waals surface area contributed by atoms with Crippen LogP contribution in [0, 0.1) is 23.7 Å². The van der Waals surface area contributed by atoms with Crippen molar-refractivity contribution in [3.05, 3.63) is 0 Å².